The van der Waals surface area contributed by atoms with E-state index in [-0.39, 0.29) is 17.6 Å². The maximum Gasteiger partial charge on any atom is 0.336 e. The molecular weight excluding hydrogens is 334 g/mol. The normalized spacial score (nSPS) is 10.5. The highest BCUT2D eigenvalue weighted by molar-refractivity contribution is 6.05. The van der Waals surface area contributed by atoms with Crippen LogP contribution in [0, 0.1) is 13.8 Å². The lowest BCUT2D eigenvalue weighted by Gasteiger charge is -2.15. The fourth-order valence-electron chi connectivity index (χ4n) is 2.57. The fourth-order valence-corrected chi connectivity index (χ4v) is 2.57. The van der Waals surface area contributed by atoms with Crippen LogP contribution in [0.5, 0.6) is 11.5 Å². The summed E-state index contributed by atoms with van der Waals surface area (Å²) in [6.45, 7) is 7.34. The second-order valence-corrected chi connectivity index (χ2v) is 6.27. The quantitative estimate of drug-likeness (QED) is 0.815. The van der Waals surface area contributed by atoms with Gasteiger partial charge in [-0.25, -0.2) is 4.79 Å². The maximum absolute atomic E-state index is 12.6. The van der Waals surface area contributed by atoms with Crippen molar-refractivity contribution in [3.8, 4) is 11.5 Å². The van der Waals surface area contributed by atoms with Crippen LogP contribution in [0.15, 0.2) is 30.3 Å². The van der Waals surface area contributed by atoms with E-state index < -0.39 is 5.97 Å². The number of aromatic carboxylic acids is 1. The largest absolute Gasteiger partial charge is 0.493 e. The van der Waals surface area contributed by atoms with Crippen molar-refractivity contribution >= 4 is 17.6 Å². The molecule has 0 heterocycles. The van der Waals surface area contributed by atoms with Gasteiger partial charge in [-0.2, -0.15) is 0 Å². The number of benzene rings is 2. The Kier molecular flexibility index (Phi) is 5.87. The summed E-state index contributed by atoms with van der Waals surface area (Å²) in [6, 6.07) is 8.11. The summed E-state index contributed by atoms with van der Waals surface area (Å²) in [5.74, 6) is -0.380. The zero-order chi connectivity index (χ0) is 19.4. The zero-order valence-electron chi connectivity index (χ0n) is 15.5. The van der Waals surface area contributed by atoms with Crippen molar-refractivity contribution in [2.24, 2.45) is 0 Å². The average Bonchev–Trinajstić information content (AvgIpc) is 2.56. The van der Waals surface area contributed by atoms with E-state index in [1.165, 1.54) is 13.2 Å². The van der Waals surface area contributed by atoms with Gasteiger partial charge in [0.25, 0.3) is 5.91 Å². The van der Waals surface area contributed by atoms with Gasteiger partial charge in [0.1, 0.15) is 0 Å². The highest BCUT2D eigenvalue weighted by Gasteiger charge is 2.15. The Morgan fingerprint density at radius 2 is 1.73 bits per heavy atom. The molecule has 0 aliphatic carbocycles. The highest BCUT2D eigenvalue weighted by Crippen LogP contribution is 2.29. The molecule has 0 aromatic heterocycles. The molecule has 0 unspecified atom stereocenters. The van der Waals surface area contributed by atoms with E-state index in [1.54, 1.807) is 31.2 Å². The van der Waals surface area contributed by atoms with E-state index >= 15 is 0 Å². The number of anilines is 1. The average molecular weight is 357 g/mol. The molecular formula is C20H23NO5. The molecule has 0 aliphatic rings. The van der Waals surface area contributed by atoms with Gasteiger partial charge in [-0.3, -0.25) is 4.79 Å². The van der Waals surface area contributed by atoms with E-state index in [4.69, 9.17) is 9.47 Å². The Balaban J connectivity index is 2.30. The van der Waals surface area contributed by atoms with E-state index in [0.29, 0.717) is 28.3 Å². The van der Waals surface area contributed by atoms with Crippen molar-refractivity contribution in [2.45, 2.75) is 33.8 Å². The molecule has 0 saturated heterocycles. The van der Waals surface area contributed by atoms with Gasteiger partial charge in [0.15, 0.2) is 11.5 Å². The number of rotatable bonds is 6. The number of ether oxygens (including phenoxy) is 2. The molecule has 0 spiro atoms. The minimum atomic E-state index is -1.03. The molecule has 26 heavy (non-hydrogen) atoms. The smallest absolute Gasteiger partial charge is 0.336 e. The van der Waals surface area contributed by atoms with Crippen LogP contribution >= 0.6 is 0 Å². The molecule has 0 saturated carbocycles. The Morgan fingerprint density at radius 3 is 2.31 bits per heavy atom. The molecule has 0 atom stereocenters. The minimum Gasteiger partial charge on any atom is -0.493 e. The first-order chi connectivity index (χ1) is 12.2. The van der Waals surface area contributed by atoms with Gasteiger partial charge in [-0.15, -0.1) is 0 Å². The molecule has 0 radical (unpaired) electrons. The Bertz CT molecular complexity index is 842. The molecule has 6 heteroatoms. The van der Waals surface area contributed by atoms with Crippen molar-refractivity contribution in [3.63, 3.8) is 0 Å². The van der Waals surface area contributed by atoms with Crippen LogP contribution in [0.4, 0.5) is 5.69 Å². The van der Waals surface area contributed by atoms with Gasteiger partial charge in [0, 0.05) is 11.3 Å². The molecule has 0 fully saturated rings. The molecule has 6 nitrogen and oxygen atoms in total. The van der Waals surface area contributed by atoms with Crippen LogP contribution in [-0.4, -0.2) is 30.2 Å². The molecule has 0 aliphatic heterocycles. The lowest BCUT2D eigenvalue weighted by molar-refractivity contribution is 0.0695. The van der Waals surface area contributed by atoms with Gasteiger partial charge in [-0.1, -0.05) is 6.07 Å². The Labute approximate surface area is 152 Å². The van der Waals surface area contributed by atoms with Crippen LogP contribution in [0.1, 0.15) is 45.7 Å². The third-order valence-corrected chi connectivity index (χ3v) is 3.84. The summed E-state index contributed by atoms with van der Waals surface area (Å²) in [7, 11) is 1.51. The van der Waals surface area contributed by atoms with Crippen LogP contribution < -0.4 is 14.8 Å². The number of hydrogen-bond donors (Lipinski definition) is 2. The van der Waals surface area contributed by atoms with Crippen LogP contribution in [0.2, 0.25) is 0 Å². The number of carbonyl (C=O) groups is 2. The second-order valence-electron chi connectivity index (χ2n) is 6.27. The van der Waals surface area contributed by atoms with Gasteiger partial charge < -0.3 is 19.9 Å². The molecule has 1 amide bonds. The van der Waals surface area contributed by atoms with Crippen LogP contribution in [-0.2, 0) is 0 Å². The van der Waals surface area contributed by atoms with Gasteiger partial charge >= 0.3 is 5.97 Å². The lowest BCUT2D eigenvalue weighted by Crippen LogP contribution is -2.14. The first-order valence-electron chi connectivity index (χ1n) is 8.23. The van der Waals surface area contributed by atoms with Crippen LogP contribution in [0.3, 0.4) is 0 Å². The first kappa shape index (κ1) is 19.3. The minimum absolute atomic E-state index is 0.0202. The van der Waals surface area contributed by atoms with Crippen molar-refractivity contribution in [1.82, 2.24) is 0 Å². The van der Waals surface area contributed by atoms with Crippen LogP contribution in [0.25, 0.3) is 0 Å². The summed E-state index contributed by atoms with van der Waals surface area (Å²) in [5, 5.41) is 12.0. The molecule has 2 aromatic rings. The van der Waals surface area contributed by atoms with Crippen molar-refractivity contribution in [2.75, 3.05) is 12.4 Å². The number of carbonyl (C=O) groups excluding carboxylic acids is 1. The number of carboxylic acid groups (broad SMARTS) is 1. The zero-order valence-corrected chi connectivity index (χ0v) is 15.5. The maximum atomic E-state index is 12.6. The van der Waals surface area contributed by atoms with E-state index in [2.05, 4.69) is 5.32 Å². The third-order valence-electron chi connectivity index (χ3n) is 3.84. The number of methoxy groups -OCH3 is 1. The topological polar surface area (TPSA) is 84.9 Å². The van der Waals surface area contributed by atoms with Gasteiger partial charge in [0.2, 0.25) is 0 Å². The number of aryl methyl sites for hydroxylation is 2. The number of hydrogen-bond acceptors (Lipinski definition) is 4. The number of amides is 1. The van der Waals surface area contributed by atoms with Crippen molar-refractivity contribution in [1.29, 1.82) is 0 Å². The first-order valence-corrected chi connectivity index (χ1v) is 8.23. The number of nitrogens with one attached hydrogen (secondary N) is 1. The Morgan fingerprint density at radius 1 is 1.04 bits per heavy atom. The summed E-state index contributed by atoms with van der Waals surface area (Å²) in [6.07, 6.45) is -0.0202. The van der Waals surface area contributed by atoms with E-state index in [1.807, 2.05) is 20.8 Å². The SMILES string of the molecule is COc1cc(C(=O)Nc2cc(C(=O)O)c(C)cc2C)ccc1OC(C)C. The number of carboxylic acids is 1. The molecule has 0 bridgehead atoms. The van der Waals surface area contributed by atoms with E-state index in [0.717, 1.165) is 5.56 Å². The van der Waals surface area contributed by atoms with E-state index in [9.17, 15) is 14.7 Å². The summed E-state index contributed by atoms with van der Waals surface area (Å²) in [5.41, 5.74) is 2.43. The standard InChI is InChI=1S/C20H23NO5/c1-11(2)26-17-7-6-14(9-18(17)25-5)19(22)21-16-10-15(20(23)24)12(3)8-13(16)4/h6-11H,1-5H3,(H,21,22)(H,23,24). The summed E-state index contributed by atoms with van der Waals surface area (Å²) >= 11 is 0. The molecule has 2 rings (SSSR count). The molecule has 2 N–H and O–H groups in total. The monoisotopic (exact) mass is 357 g/mol. The second kappa shape index (κ2) is 7.91. The summed E-state index contributed by atoms with van der Waals surface area (Å²) < 4.78 is 10.9. The van der Waals surface area contributed by atoms with Crippen molar-refractivity contribution in [3.05, 3.63) is 52.6 Å². The predicted octanol–water partition coefficient (Wildman–Crippen LogP) is 4.05. The van der Waals surface area contributed by atoms with Gasteiger partial charge in [0.05, 0.1) is 18.8 Å². The third kappa shape index (κ3) is 4.33. The summed E-state index contributed by atoms with van der Waals surface area (Å²) in [4.78, 5) is 23.9. The lowest BCUT2D eigenvalue weighted by atomic mass is 10.0. The fraction of sp³-hybridized carbons (Fsp3) is 0.300. The highest BCUT2D eigenvalue weighted by atomic mass is 16.5. The van der Waals surface area contributed by atoms with Crippen molar-refractivity contribution < 1.29 is 24.2 Å². The van der Waals surface area contributed by atoms with Gasteiger partial charge in [-0.05, 0) is 63.1 Å². The molecule has 2 aromatic carbocycles. The molecule has 138 valence electrons. The Hall–Kier alpha value is -3.02. The predicted molar refractivity (Wildman–Crippen MR) is 99.6 cm³/mol.